The molecule has 2 aromatic heterocycles. The second-order valence-corrected chi connectivity index (χ2v) is 6.27. The molecule has 0 radical (unpaired) electrons. The van der Waals surface area contributed by atoms with Crippen LogP contribution in [0.3, 0.4) is 0 Å². The minimum absolute atomic E-state index is 0.0665. The molecule has 24 heavy (non-hydrogen) atoms. The first kappa shape index (κ1) is 16.5. The van der Waals surface area contributed by atoms with Crippen LogP contribution in [-0.4, -0.2) is 49.6 Å². The first-order valence-corrected chi connectivity index (χ1v) is 8.61. The number of nitrogens with zero attached hydrogens (tertiary/aromatic N) is 1. The van der Waals surface area contributed by atoms with Crippen molar-refractivity contribution in [3.05, 3.63) is 46.5 Å². The molecular formula is C16H19N3O4S. The molecule has 2 N–H and O–H groups in total. The Hall–Kier alpha value is -2.32. The topological polar surface area (TPSA) is 83.8 Å². The number of urea groups is 1. The molecule has 1 saturated heterocycles. The predicted octanol–water partition coefficient (Wildman–Crippen LogP) is 1.85. The van der Waals surface area contributed by atoms with E-state index in [9.17, 15) is 9.59 Å². The van der Waals surface area contributed by atoms with Gasteiger partial charge in [0.25, 0.3) is 5.91 Å². The van der Waals surface area contributed by atoms with Gasteiger partial charge in [0, 0.05) is 24.5 Å². The number of nitrogens with one attached hydrogen (secondary N) is 2. The van der Waals surface area contributed by atoms with E-state index in [0.717, 1.165) is 4.88 Å². The second-order valence-electron chi connectivity index (χ2n) is 5.29. The van der Waals surface area contributed by atoms with Crippen LogP contribution in [0.2, 0.25) is 0 Å². The van der Waals surface area contributed by atoms with E-state index in [2.05, 4.69) is 10.6 Å². The summed E-state index contributed by atoms with van der Waals surface area (Å²) in [5, 5.41) is 7.49. The quantitative estimate of drug-likeness (QED) is 0.807. The maximum atomic E-state index is 12.2. The number of furan rings is 1. The fourth-order valence-corrected chi connectivity index (χ4v) is 3.20. The van der Waals surface area contributed by atoms with Gasteiger partial charge in [-0.05, 0) is 23.6 Å². The molecule has 3 amide bonds. The number of carbonyl (C=O) groups excluding carboxylic acids is 2. The molecular weight excluding hydrogens is 330 g/mol. The Balaban J connectivity index is 1.39. The summed E-state index contributed by atoms with van der Waals surface area (Å²) in [5.74, 6) is -0.0355. The van der Waals surface area contributed by atoms with Crippen molar-refractivity contribution < 1.29 is 18.7 Å². The van der Waals surface area contributed by atoms with E-state index < -0.39 is 0 Å². The molecule has 1 fully saturated rings. The minimum Gasteiger partial charge on any atom is -0.459 e. The molecule has 3 rings (SSSR count). The van der Waals surface area contributed by atoms with Gasteiger partial charge in [-0.1, -0.05) is 6.07 Å². The van der Waals surface area contributed by atoms with Gasteiger partial charge in [-0.15, -0.1) is 11.3 Å². The van der Waals surface area contributed by atoms with E-state index in [1.54, 1.807) is 28.4 Å². The maximum Gasteiger partial charge on any atom is 0.317 e. The molecule has 0 spiro atoms. The van der Waals surface area contributed by atoms with Gasteiger partial charge in [0.05, 0.1) is 19.4 Å². The van der Waals surface area contributed by atoms with Gasteiger partial charge < -0.3 is 24.7 Å². The van der Waals surface area contributed by atoms with Gasteiger partial charge in [0.1, 0.15) is 6.10 Å². The van der Waals surface area contributed by atoms with Crippen molar-refractivity contribution in [3.63, 3.8) is 0 Å². The molecule has 1 atom stereocenters. The van der Waals surface area contributed by atoms with Crippen LogP contribution >= 0.6 is 11.3 Å². The Labute approximate surface area is 143 Å². The summed E-state index contributed by atoms with van der Waals surface area (Å²) < 4.78 is 10.7. The van der Waals surface area contributed by atoms with Crippen LogP contribution in [0, 0.1) is 0 Å². The summed E-state index contributed by atoms with van der Waals surface area (Å²) in [6, 6.07) is 7.09. The molecule has 0 saturated carbocycles. The first-order chi connectivity index (χ1) is 11.7. The van der Waals surface area contributed by atoms with Crippen LogP contribution in [0.1, 0.15) is 21.5 Å². The van der Waals surface area contributed by atoms with Crippen molar-refractivity contribution in [1.29, 1.82) is 0 Å². The molecule has 1 aliphatic rings. The fraction of sp³-hybridized carbons (Fsp3) is 0.375. The molecule has 2 aromatic rings. The van der Waals surface area contributed by atoms with Crippen LogP contribution in [-0.2, 0) is 4.74 Å². The molecule has 0 aromatic carbocycles. The zero-order valence-electron chi connectivity index (χ0n) is 13.1. The highest BCUT2D eigenvalue weighted by Crippen LogP contribution is 2.25. The lowest BCUT2D eigenvalue weighted by Gasteiger charge is -2.32. The average molecular weight is 349 g/mol. The van der Waals surface area contributed by atoms with E-state index >= 15 is 0 Å². The van der Waals surface area contributed by atoms with Gasteiger partial charge in [-0.3, -0.25) is 4.79 Å². The third-order valence-electron chi connectivity index (χ3n) is 3.65. The third kappa shape index (κ3) is 4.15. The number of morpholine rings is 1. The highest BCUT2D eigenvalue weighted by Gasteiger charge is 2.25. The monoisotopic (exact) mass is 349 g/mol. The summed E-state index contributed by atoms with van der Waals surface area (Å²) >= 11 is 1.63. The van der Waals surface area contributed by atoms with E-state index in [0.29, 0.717) is 32.8 Å². The summed E-state index contributed by atoms with van der Waals surface area (Å²) in [4.78, 5) is 26.8. The lowest BCUT2D eigenvalue weighted by Crippen LogP contribution is -2.48. The number of hydrogen-bond donors (Lipinski definition) is 2. The van der Waals surface area contributed by atoms with E-state index in [1.165, 1.54) is 6.26 Å². The van der Waals surface area contributed by atoms with Crippen LogP contribution in [0.5, 0.6) is 0 Å². The summed E-state index contributed by atoms with van der Waals surface area (Å²) in [5.41, 5.74) is 0. The summed E-state index contributed by atoms with van der Waals surface area (Å²) in [6.07, 6.45) is 1.38. The average Bonchev–Trinajstić information content (AvgIpc) is 3.32. The van der Waals surface area contributed by atoms with Crippen LogP contribution in [0.25, 0.3) is 0 Å². The molecule has 0 aliphatic carbocycles. The Morgan fingerprint density at radius 1 is 1.25 bits per heavy atom. The van der Waals surface area contributed by atoms with E-state index in [-0.39, 0.29) is 23.8 Å². The van der Waals surface area contributed by atoms with Gasteiger partial charge in [0.2, 0.25) is 0 Å². The van der Waals surface area contributed by atoms with Crippen molar-refractivity contribution in [2.45, 2.75) is 6.10 Å². The lowest BCUT2D eigenvalue weighted by molar-refractivity contribution is -0.0135. The van der Waals surface area contributed by atoms with Crippen LogP contribution < -0.4 is 10.6 Å². The van der Waals surface area contributed by atoms with Gasteiger partial charge in [0.15, 0.2) is 5.76 Å². The van der Waals surface area contributed by atoms with Crippen molar-refractivity contribution in [3.8, 4) is 0 Å². The number of rotatable bonds is 5. The minimum atomic E-state index is -0.293. The van der Waals surface area contributed by atoms with E-state index in [4.69, 9.17) is 9.15 Å². The molecule has 1 unspecified atom stereocenters. The zero-order valence-corrected chi connectivity index (χ0v) is 13.9. The SMILES string of the molecule is O=C(NCCNC(=O)N1CCOC(c2cccs2)C1)c1ccco1. The van der Waals surface area contributed by atoms with Crippen molar-refractivity contribution in [2.24, 2.45) is 0 Å². The smallest absolute Gasteiger partial charge is 0.317 e. The normalized spacial score (nSPS) is 17.5. The van der Waals surface area contributed by atoms with Crippen molar-refractivity contribution in [1.82, 2.24) is 15.5 Å². The summed E-state index contributed by atoms with van der Waals surface area (Å²) in [6.45, 7) is 2.30. The van der Waals surface area contributed by atoms with Crippen molar-refractivity contribution in [2.75, 3.05) is 32.8 Å². The maximum absolute atomic E-state index is 12.2. The highest BCUT2D eigenvalue weighted by atomic mass is 32.1. The van der Waals surface area contributed by atoms with Crippen LogP contribution in [0.15, 0.2) is 40.3 Å². The number of amides is 3. The third-order valence-corrected chi connectivity index (χ3v) is 4.61. The largest absolute Gasteiger partial charge is 0.459 e. The number of ether oxygens (including phenoxy) is 1. The van der Waals surface area contributed by atoms with Gasteiger partial charge >= 0.3 is 6.03 Å². The number of hydrogen-bond acceptors (Lipinski definition) is 5. The zero-order chi connectivity index (χ0) is 16.8. The molecule has 128 valence electrons. The standard InChI is InChI=1S/C16H19N3O4S/c20-15(12-3-1-8-22-12)17-5-6-18-16(21)19-7-9-23-13(11-19)14-4-2-10-24-14/h1-4,8,10,13H,5-7,9,11H2,(H,17,20)(H,18,21). The highest BCUT2D eigenvalue weighted by molar-refractivity contribution is 7.10. The van der Waals surface area contributed by atoms with Gasteiger partial charge in [-0.25, -0.2) is 4.79 Å². The molecule has 8 heteroatoms. The molecule has 3 heterocycles. The molecule has 7 nitrogen and oxygen atoms in total. The molecule has 0 bridgehead atoms. The Kier molecular flexibility index (Phi) is 5.50. The fourth-order valence-electron chi connectivity index (χ4n) is 2.43. The van der Waals surface area contributed by atoms with Gasteiger partial charge in [-0.2, -0.15) is 0 Å². The Morgan fingerprint density at radius 2 is 2.12 bits per heavy atom. The number of thiophene rings is 1. The lowest BCUT2D eigenvalue weighted by atomic mass is 10.2. The molecule has 1 aliphatic heterocycles. The summed E-state index contributed by atoms with van der Waals surface area (Å²) in [7, 11) is 0. The van der Waals surface area contributed by atoms with Crippen LogP contribution in [0.4, 0.5) is 4.79 Å². The first-order valence-electron chi connectivity index (χ1n) is 7.73. The van der Waals surface area contributed by atoms with E-state index in [1.807, 2.05) is 17.5 Å². The Morgan fingerprint density at radius 3 is 2.88 bits per heavy atom. The second kappa shape index (κ2) is 7.98. The van der Waals surface area contributed by atoms with Crippen molar-refractivity contribution >= 4 is 23.3 Å². The predicted molar refractivity (Wildman–Crippen MR) is 89.0 cm³/mol. The Bertz CT molecular complexity index is 657. The number of carbonyl (C=O) groups is 2.